The second kappa shape index (κ2) is 3.97. The number of likely N-dealkylation sites (tertiary alicyclic amines) is 1. The molecular weight excluding hydrogens is 190 g/mol. The van der Waals surface area contributed by atoms with Gasteiger partial charge in [-0.05, 0) is 30.8 Å². The number of aliphatic hydroxyl groups excluding tert-OH is 1. The van der Waals surface area contributed by atoms with Gasteiger partial charge in [0, 0.05) is 6.54 Å². The first-order chi connectivity index (χ1) is 7.21. The summed E-state index contributed by atoms with van der Waals surface area (Å²) in [6.07, 6.45) is 7.30. The molecule has 0 aromatic heterocycles. The van der Waals surface area contributed by atoms with Gasteiger partial charge in [0.25, 0.3) is 0 Å². The van der Waals surface area contributed by atoms with Gasteiger partial charge in [0.05, 0.1) is 12.6 Å². The molecular formula is C12H19NO2. The van der Waals surface area contributed by atoms with Gasteiger partial charge in [0.1, 0.15) is 0 Å². The molecule has 1 amide bonds. The van der Waals surface area contributed by atoms with Crippen molar-refractivity contribution in [1.82, 2.24) is 4.90 Å². The predicted molar refractivity (Wildman–Crippen MR) is 58.3 cm³/mol. The van der Waals surface area contributed by atoms with Crippen molar-refractivity contribution in [2.75, 3.05) is 13.2 Å². The number of hydrogen-bond acceptors (Lipinski definition) is 2. The van der Waals surface area contributed by atoms with E-state index in [4.69, 9.17) is 0 Å². The minimum absolute atomic E-state index is 0.0219. The molecule has 3 nitrogen and oxygen atoms in total. The fourth-order valence-corrected chi connectivity index (χ4v) is 3.19. The van der Waals surface area contributed by atoms with Crippen molar-refractivity contribution >= 4 is 5.91 Å². The van der Waals surface area contributed by atoms with Crippen LogP contribution in [0.5, 0.6) is 0 Å². The summed E-state index contributed by atoms with van der Waals surface area (Å²) < 4.78 is 0. The largest absolute Gasteiger partial charge is 0.394 e. The lowest BCUT2D eigenvalue weighted by Crippen LogP contribution is -2.37. The zero-order chi connectivity index (χ0) is 10.9. The van der Waals surface area contributed by atoms with Crippen LogP contribution >= 0.6 is 0 Å². The summed E-state index contributed by atoms with van der Waals surface area (Å²) in [5, 5.41) is 9.30. The van der Waals surface area contributed by atoms with E-state index in [1.54, 1.807) is 4.90 Å². The van der Waals surface area contributed by atoms with Gasteiger partial charge in [-0.1, -0.05) is 19.4 Å². The maximum atomic E-state index is 11.6. The summed E-state index contributed by atoms with van der Waals surface area (Å²) in [7, 11) is 0. The Bertz CT molecular complexity index is 269. The number of nitrogens with zero attached hydrogens (tertiary/aromatic N) is 1. The third kappa shape index (κ3) is 1.81. The molecule has 2 aliphatic rings. The number of hydrogen-bond donors (Lipinski definition) is 1. The predicted octanol–water partition coefficient (Wildman–Crippen LogP) is 1.33. The van der Waals surface area contributed by atoms with Gasteiger partial charge in [-0.3, -0.25) is 4.79 Å². The van der Waals surface area contributed by atoms with Crippen LogP contribution in [0.2, 0.25) is 0 Å². The summed E-state index contributed by atoms with van der Waals surface area (Å²) in [6.45, 7) is 4.42. The van der Waals surface area contributed by atoms with Gasteiger partial charge in [-0.25, -0.2) is 0 Å². The molecule has 1 aliphatic carbocycles. The van der Waals surface area contributed by atoms with E-state index in [9.17, 15) is 9.90 Å². The van der Waals surface area contributed by atoms with Gasteiger partial charge in [-0.2, -0.15) is 0 Å². The molecule has 2 rings (SSSR count). The minimum Gasteiger partial charge on any atom is -0.394 e. The molecule has 15 heavy (non-hydrogen) atoms. The molecule has 1 unspecified atom stereocenters. The first kappa shape index (κ1) is 10.7. The first-order valence-electron chi connectivity index (χ1n) is 5.75. The Balaban J connectivity index is 2.12. The molecule has 0 aromatic carbocycles. The average Bonchev–Trinajstić information content (AvgIpc) is 2.85. The summed E-state index contributed by atoms with van der Waals surface area (Å²) in [5.74, 6) is -0.0298. The van der Waals surface area contributed by atoms with Crippen LogP contribution in [0.15, 0.2) is 12.7 Å². The van der Waals surface area contributed by atoms with Crippen LogP contribution in [0.3, 0.4) is 0 Å². The van der Waals surface area contributed by atoms with E-state index in [0.29, 0.717) is 5.41 Å². The molecule has 1 aliphatic heterocycles. The summed E-state index contributed by atoms with van der Waals surface area (Å²) in [5.41, 5.74) is 0.312. The fraction of sp³-hybridized carbons (Fsp3) is 0.750. The molecule has 1 atom stereocenters. The summed E-state index contributed by atoms with van der Waals surface area (Å²) in [4.78, 5) is 13.4. The van der Waals surface area contributed by atoms with Crippen LogP contribution in [-0.2, 0) is 4.79 Å². The topological polar surface area (TPSA) is 40.5 Å². The molecule has 1 heterocycles. The number of carbonyl (C=O) groups excluding carboxylic acids is 1. The highest BCUT2D eigenvalue weighted by atomic mass is 16.3. The van der Waals surface area contributed by atoms with Crippen molar-refractivity contribution in [2.45, 2.75) is 38.1 Å². The SMILES string of the molecule is C=CC(=O)N1CC2(CCCC2)CC1CO. The second-order valence-electron chi connectivity index (χ2n) is 4.92. The summed E-state index contributed by atoms with van der Waals surface area (Å²) in [6, 6.07) is 0.0219. The smallest absolute Gasteiger partial charge is 0.246 e. The standard InChI is InChI=1S/C12H19NO2/c1-2-11(15)13-9-12(5-3-4-6-12)7-10(13)8-14/h2,10,14H,1,3-9H2. The van der Waals surface area contributed by atoms with E-state index >= 15 is 0 Å². The lowest BCUT2D eigenvalue weighted by Gasteiger charge is -2.23. The molecule has 1 spiro atoms. The Labute approximate surface area is 90.8 Å². The number of rotatable bonds is 2. The van der Waals surface area contributed by atoms with E-state index in [1.807, 2.05) is 0 Å². The van der Waals surface area contributed by atoms with Crippen LogP contribution in [-0.4, -0.2) is 35.1 Å². The first-order valence-corrected chi connectivity index (χ1v) is 5.75. The highest BCUT2D eigenvalue weighted by molar-refractivity contribution is 5.87. The lowest BCUT2D eigenvalue weighted by atomic mass is 9.84. The molecule has 0 aromatic rings. The Morgan fingerprint density at radius 3 is 2.73 bits per heavy atom. The zero-order valence-corrected chi connectivity index (χ0v) is 9.11. The van der Waals surface area contributed by atoms with Crippen molar-refractivity contribution < 1.29 is 9.90 Å². The normalized spacial score (nSPS) is 28.6. The maximum Gasteiger partial charge on any atom is 0.246 e. The molecule has 0 bridgehead atoms. The Kier molecular flexibility index (Phi) is 2.83. The van der Waals surface area contributed by atoms with Crippen molar-refractivity contribution in [3.8, 4) is 0 Å². The molecule has 1 saturated carbocycles. The monoisotopic (exact) mass is 209 g/mol. The fourth-order valence-electron chi connectivity index (χ4n) is 3.19. The number of carbonyl (C=O) groups is 1. The van der Waals surface area contributed by atoms with Crippen LogP contribution in [0.25, 0.3) is 0 Å². The van der Waals surface area contributed by atoms with E-state index in [2.05, 4.69) is 6.58 Å². The molecule has 1 saturated heterocycles. The van der Waals surface area contributed by atoms with Crippen LogP contribution in [0, 0.1) is 5.41 Å². The molecule has 1 N–H and O–H groups in total. The van der Waals surface area contributed by atoms with Gasteiger partial charge < -0.3 is 10.0 Å². The van der Waals surface area contributed by atoms with E-state index < -0.39 is 0 Å². The molecule has 2 fully saturated rings. The number of aliphatic hydroxyl groups is 1. The Morgan fingerprint density at radius 1 is 1.53 bits per heavy atom. The van der Waals surface area contributed by atoms with Crippen molar-refractivity contribution in [3.05, 3.63) is 12.7 Å². The molecule has 84 valence electrons. The Morgan fingerprint density at radius 2 is 2.20 bits per heavy atom. The van der Waals surface area contributed by atoms with Crippen molar-refractivity contribution in [2.24, 2.45) is 5.41 Å². The Hall–Kier alpha value is -0.830. The summed E-state index contributed by atoms with van der Waals surface area (Å²) >= 11 is 0. The third-order valence-corrected chi connectivity index (χ3v) is 3.95. The van der Waals surface area contributed by atoms with Crippen LogP contribution in [0.1, 0.15) is 32.1 Å². The highest BCUT2D eigenvalue weighted by Crippen LogP contribution is 2.47. The average molecular weight is 209 g/mol. The number of amides is 1. The maximum absolute atomic E-state index is 11.6. The van der Waals surface area contributed by atoms with Gasteiger partial charge >= 0.3 is 0 Å². The molecule has 0 radical (unpaired) electrons. The van der Waals surface area contributed by atoms with E-state index in [1.165, 1.54) is 31.8 Å². The zero-order valence-electron chi connectivity index (χ0n) is 9.11. The van der Waals surface area contributed by atoms with Gasteiger partial charge in [-0.15, -0.1) is 0 Å². The van der Waals surface area contributed by atoms with Gasteiger partial charge in [0.2, 0.25) is 5.91 Å². The second-order valence-corrected chi connectivity index (χ2v) is 4.92. The minimum atomic E-state index is -0.0298. The van der Waals surface area contributed by atoms with Crippen LogP contribution < -0.4 is 0 Å². The quantitative estimate of drug-likeness (QED) is 0.697. The van der Waals surface area contributed by atoms with Crippen LogP contribution in [0.4, 0.5) is 0 Å². The van der Waals surface area contributed by atoms with E-state index in [-0.39, 0.29) is 18.6 Å². The van der Waals surface area contributed by atoms with Gasteiger partial charge in [0.15, 0.2) is 0 Å². The lowest BCUT2D eigenvalue weighted by molar-refractivity contribution is -0.127. The van der Waals surface area contributed by atoms with Crippen molar-refractivity contribution in [1.29, 1.82) is 0 Å². The van der Waals surface area contributed by atoms with Crippen molar-refractivity contribution in [3.63, 3.8) is 0 Å². The van der Waals surface area contributed by atoms with E-state index in [0.717, 1.165) is 13.0 Å². The molecule has 3 heteroatoms. The third-order valence-electron chi connectivity index (χ3n) is 3.95. The highest BCUT2D eigenvalue weighted by Gasteiger charge is 2.46.